The van der Waals surface area contributed by atoms with Crippen LogP contribution in [-0.2, 0) is 0 Å². The molecule has 2 amide bonds. The number of carbonyl (C=O) groups is 1. The SMILES string of the molecule is Cc1cc(NC(=O)Nc2cccc(F)c2)n(-c2ccc(OC(F)(F)Cl)cc2)n1. The van der Waals surface area contributed by atoms with E-state index in [-0.39, 0.29) is 11.4 Å². The topological polar surface area (TPSA) is 68.2 Å². The molecule has 1 heterocycles. The third-order valence-electron chi connectivity index (χ3n) is 3.47. The van der Waals surface area contributed by atoms with Gasteiger partial charge in [0.05, 0.1) is 11.4 Å². The summed E-state index contributed by atoms with van der Waals surface area (Å²) in [5.74, 6) is -0.294. The second-order valence-electron chi connectivity index (χ2n) is 5.71. The number of halogens is 4. The van der Waals surface area contributed by atoms with E-state index in [9.17, 15) is 18.0 Å². The molecule has 0 atom stereocenters. The van der Waals surface area contributed by atoms with Gasteiger partial charge < -0.3 is 10.1 Å². The molecular formula is C18H14ClF3N4O2. The zero-order valence-corrected chi connectivity index (χ0v) is 15.2. The Kier molecular flexibility index (Phi) is 5.46. The van der Waals surface area contributed by atoms with Gasteiger partial charge in [0.1, 0.15) is 17.4 Å². The molecule has 3 rings (SSSR count). The molecule has 1 aromatic heterocycles. The van der Waals surface area contributed by atoms with E-state index in [1.165, 1.54) is 53.2 Å². The number of urea groups is 1. The van der Waals surface area contributed by atoms with Gasteiger partial charge in [-0.1, -0.05) is 6.07 Å². The molecular weight excluding hydrogens is 397 g/mol. The van der Waals surface area contributed by atoms with E-state index in [1.54, 1.807) is 13.0 Å². The van der Waals surface area contributed by atoms with Crippen molar-refractivity contribution in [3.8, 4) is 11.4 Å². The summed E-state index contributed by atoms with van der Waals surface area (Å²) in [6, 6.07) is 12.0. The molecule has 2 aromatic carbocycles. The predicted octanol–water partition coefficient (Wildman–Crippen LogP) is 5.13. The third-order valence-corrected chi connectivity index (χ3v) is 3.55. The quantitative estimate of drug-likeness (QED) is 0.573. The van der Waals surface area contributed by atoms with E-state index >= 15 is 0 Å². The summed E-state index contributed by atoms with van der Waals surface area (Å²) in [6.07, 6.45) is 0. The number of alkyl halides is 3. The van der Waals surface area contributed by atoms with Crippen LogP contribution in [0.4, 0.5) is 29.5 Å². The summed E-state index contributed by atoms with van der Waals surface area (Å²) in [5.41, 5.74) is -2.44. The zero-order chi connectivity index (χ0) is 20.3. The Morgan fingerprint density at radius 2 is 1.86 bits per heavy atom. The Balaban J connectivity index is 1.76. The maximum Gasteiger partial charge on any atom is 0.487 e. The van der Waals surface area contributed by atoms with Gasteiger partial charge in [0, 0.05) is 23.4 Å². The standard InChI is InChI=1S/C18H14ClF3N4O2/c1-11-9-16(24-17(27)23-13-4-2-3-12(20)10-13)26(25-11)14-5-7-15(8-6-14)28-18(19,21)22/h2-10H,1H3,(H2,23,24,27). The first kappa shape index (κ1) is 19.6. The summed E-state index contributed by atoms with van der Waals surface area (Å²) in [4.78, 5) is 12.2. The predicted molar refractivity (Wildman–Crippen MR) is 98.8 cm³/mol. The minimum atomic E-state index is -3.81. The van der Waals surface area contributed by atoms with Crippen LogP contribution in [0.2, 0.25) is 0 Å². The van der Waals surface area contributed by atoms with Gasteiger partial charge >= 0.3 is 11.6 Å². The molecule has 0 unspecified atom stereocenters. The first-order valence-electron chi connectivity index (χ1n) is 7.96. The van der Waals surface area contributed by atoms with Gasteiger partial charge in [-0.25, -0.2) is 13.9 Å². The first-order valence-corrected chi connectivity index (χ1v) is 8.34. The Labute approximate surface area is 162 Å². The highest BCUT2D eigenvalue weighted by Gasteiger charge is 2.27. The highest BCUT2D eigenvalue weighted by Crippen LogP contribution is 2.26. The van der Waals surface area contributed by atoms with Gasteiger partial charge in [-0.15, -0.1) is 8.78 Å². The van der Waals surface area contributed by atoms with Crippen molar-refractivity contribution in [2.24, 2.45) is 0 Å². The van der Waals surface area contributed by atoms with Crippen LogP contribution >= 0.6 is 11.6 Å². The number of aryl methyl sites for hydroxylation is 1. The van der Waals surface area contributed by atoms with E-state index in [1.807, 2.05) is 0 Å². The Hall–Kier alpha value is -3.20. The number of ether oxygens (including phenoxy) is 1. The minimum Gasteiger partial charge on any atom is -0.420 e. The maximum absolute atomic E-state index is 13.2. The van der Waals surface area contributed by atoms with Crippen molar-refractivity contribution in [1.29, 1.82) is 0 Å². The Bertz CT molecular complexity index is 987. The molecule has 0 spiro atoms. The average Bonchev–Trinajstić information content (AvgIpc) is 2.94. The van der Waals surface area contributed by atoms with Gasteiger partial charge in [0.15, 0.2) is 0 Å². The molecule has 2 N–H and O–H groups in total. The van der Waals surface area contributed by atoms with Crippen molar-refractivity contribution < 1.29 is 22.7 Å². The van der Waals surface area contributed by atoms with E-state index < -0.39 is 17.4 Å². The minimum absolute atomic E-state index is 0.133. The maximum atomic E-state index is 13.2. The van der Waals surface area contributed by atoms with Crippen LogP contribution in [0.1, 0.15) is 5.69 Å². The number of amides is 2. The second-order valence-corrected chi connectivity index (χ2v) is 6.15. The lowest BCUT2D eigenvalue weighted by molar-refractivity contribution is -0.0964. The summed E-state index contributed by atoms with van der Waals surface area (Å²) < 4.78 is 44.3. The molecule has 146 valence electrons. The average molecular weight is 411 g/mol. The zero-order valence-electron chi connectivity index (χ0n) is 14.4. The van der Waals surface area contributed by atoms with E-state index in [4.69, 9.17) is 11.6 Å². The van der Waals surface area contributed by atoms with Crippen molar-refractivity contribution in [1.82, 2.24) is 9.78 Å². The lowest BCUT2D eigenvalue weighted by Crippen LogP contribution is -2.21. The monoisotopic (exact) mass is 410 g/mol. The van der Waals surface area contributed by atoms with Crippen molar-refractivity contribution in [3.05, 3.63) is 66.1 Å². The van der Waals surface area contributed by atoms with Crippen LogP contribution < -0.4 is 15.4 Å². The summed E-state index contributed by atoms with van der Waals surface area (Å²) in [6.45, 7) is 1.72. The lowest BCUT2D eigenvalue weighted by Gasteiger charge is -2.12. The second kappa shape index (κ2) is 7.81. The van der Waals surface area contributed by atoms with Gasteiger partial charge in [0.2, 0.25) is 0 Å². The molecule has 0 bridgehead atoms. The third kappa shape index (κ3) is 5.17. The molecule has 0 aliphatic carbocycles. The fourth-order valence-electron chi connectivity index (χ4n) is 2.42. The first-order chi connectivity index (χ1) is 13.2. The van der Waals surface area contributed by atoms with Crippen LogP contribution in [0.15, 0.2) is 54.6 Å². The number of nitrogens with one attached hydrogen (secondary N) is 2. The number of anilines is 2. The van der Waals surface area contributed by atoms with E-state index in [0.717, 1.165) is 0 Å². The van der Waals surface area contributed by atoms with Crippen LogP contribution in [0.25, 0.3) is 5.69 Å². The largest absolute Gasteiger partial charge is 0.487 e. The summed E-state index contributed by atoms with van der Waals surface area (Å²) in [7, 11) is 0. The normalized spacial score (nSPS) is 11.2. The van der Waals surface area contributed by atoms with Gasteiger partial charge in [0.25, 0.3) is 0 Å². The van der Waals surface area contributed by atoms with Crippen LogP contribution in [0.5, 0.6) is 5.75 Å². The number of rotatable bonds is 5. The van der Waals surface area contributed by atoms with Crippen molar-refractivity contribution >= 4 is 29.1 Å². The molecule has 0 fully saturated rings. The number of aromatic nitrogens is 2. The lowest BCUT2D eigenvalue weighted by atomic mass is 10.3. The summed E-state index contributed by atoms with van der Waals surface area (Å²) >= 11 is 4.74. The molecule has 3 aromatic rings. The highest BCUT2D eigenvalue weighted by atomic mass is 35.5. The van der Waals surface area contributed by atoms with E-state index in [0.29, 0.717) is 17.2 Å². The Morgan fingerprint density at radius 3 is 2.50 bits per heavy atom. The smallest absolute Gasteiger partial charge is 0.420 e. The highest BCUT2D eigenvalue weighted by molar-refractivity contribution is 6.20. The van der Waals surface area contributed by atoms with E-state index in [2.05, 4.69) is 20.5 Å². The van der Waals surface area contributed by atoms with Crippen molar-refractivity contribution in [2.75, 3.05) is 10.6 Å². The number of carbonyl (C=O) groups excluding carboxylic acids is 1. The number of hydrogen-bond donors (Lipinski definition) is 2. The summed E-state index contributed by atoms with van der Waals surface area (Å²) in [5, 5.41) is 9.37. The van der Waals surface area contributed by atoms with Crippen molar-refractivity contribution in [2.45, 2.75) is 12.5 Å². The van der Waals surface area contributed by atoms with Crippen LogP contribution in [0, 0.1) is 12.7 Å². The van der Waals surface area contributed by atoms with Crippen LogP contribution in [-0.4, -0.2) is 21.4 Å². The number of nitrogens with zero attached hydrogens (tertiary/aromatic N) is 2. The van der Waals surface area contributed by atoms with Gasteiger partial charge in [-0.2, -0.15) is 5.10 Å². The molecule has 0 saturated heterocycles. The molecule has 0 radical (unpaired) electrons. The molecule has 6 nitrogen and oxygen atoms in total. The molecule has 10 heteroatoms. The molecule has 28 heavy (non-hydrogen) atoms. The fraction of sp³-hybridized carbons (Fsp3) is 0.111. The fourth-order valence-corrected chi connectivity index (χ4v) is 2.51. The van der Waals surface area contributed by atoms with Crippen molar-refractivity contribution in [3.63, 3.8) is 0 Å². The van der Waals surface area contributed by atoms with Gasteiger partial charge in [-0.3, -0.25) is 5.32 Å². The van der Waals surface area contributed by atoms with Gasteiger partial charge in [-0.05, 0) is 49.4 Å². The van der Waals surface area contributed by atoms with Crippen LogP contribution in [0.3, 0.4) is 0 Å². The number of benzene rings is 2. The molecule has 0 aliphatic rings. The Morgan fingerprint density at radius 1 is 1.14 bits per heavy atom. The number of hydrogen-bond acceptors (Lipinski definition) is 3. The molecule has 0 saturated carbocycles. The molecule has 0 aliphatic heterocycles.